The van der Waals surface area contributed by atoms with Crippen LogP contribution >= 0.6 is 0 Å². The minimum absolute atomic E-state index is 0.114. The Kier molecular flexibility index (Phi) is 7.42. The zero-order valence-electron chi connectivity index (χ0n) is 23.1. The van der Waals surface area contributed by atoms with Gasteiger partial charge >= 0.3 is 5.97 Å². The molecule has 0 saturated carbocycles. The molecule has 218 valence electrons. The van der Waals surface area contributed by atoms with Gasteiger partial charge < -0.3 is 21.3 Å². The number of hydrogen-bond donors (Lipinski definition) is 4. The molecule has 6 rings (SSSR count). The van der Waals surface area contributed by atoms with Crippen LogP contribution in [0.1, 0.15) is 21.5 Å². The van der Waals surface area contributed by atoms with Crippen LogP contribution in [0.4, 0.5) is 10.2 Å². The third-order valence-corrected chi connectivity index (χ3v) is 7.12. The lowest BCUT2D eigenvalue weighted by atomic mass is 10.1. The molecule has 0 fully saturated rings. The topological polar surface area (TPSA) is 156 Å². The first-order valence-electron chi connectivity index (χ1n) is 13.6. The second-order valence-electron chi connectivity index (χ2n) is 9.97. The van der Waals surface area contributed by atoms with Gasteiger partial charge in [0.05, 0.1) is 17.7 Å². The molecule has 0 aliphatic rings. The second kappa shape index (κ2) is 11.6. The minimum Gasteiger partial charge on any atom is -0.504 e. The van der Waals surface area contributed by atoms with Gasteiger partial charge in [0.15, 0.2) is 23.0 Å². The van der Waals surface area contributed by atoms with Crippen LogP contribution in [-0.2, 0) is 17.8 Å². The number of rotatable bonds is 8. The SMILES string of the molecule is Nc1ncccc1-c1nc2ccc(-c3ccccc3)nc2n1-c1ccc(CNC(=O)Cc2ccc(C(=O)O)c(O)c2F)cc1. The van der Waals surface area contributed by atoms with Gasteiger partial charge in [0.2, 0.25) is 5.91 Å². The molecule has 44 heavy (non-hydrogen) atoms. The predicted molar refractivity (Wildman–Crippen MR) is 163 cm³/mol. The van der Waals surface area contributed by atoms with E-state index in [9.17, 15) is 19.1 Å². The molecule has 3 aromatic heterocycles. The van der Waals surface area contributed by atoms with Crippen molar-refractivity contribution in [1.82, 2.24) is 24.8 Å². The number of carboxylic acid groups (broad SMARTS) is 1. The first-order valence-corrected chi connectivity index (χ1v) is 13.6. The molecule has 1 amide bonds. The van der Waals surface area contributed by atoms with Gasteiger partial charge in [-0.1, -0.05) is 48.5 Å². The number of phenols is 1. The summed E-state index contributed by atoms with van der Waals surface area (Å²) in [7, 11) is 0. The number of nitrogens with two attached hydrogens (primary N) is 1. The number of aromatic nitrogens is 4. The van der Waals surface area contributed by atoms with Crippen LogP contribution in [0.25, 0.3) is 39.5 Å². The van der Waals surface area contributed by atoms with Gasteiger partial charge in [-0.2, -0.15) is 0 Å². The van der Waals surface area contributed by atoms with Gasteiger partial charge in [0.1, 0.15) is 16.9 Å². The summed E-state index contributed by atoms with van der Waals surface area (Å²) >= 11 is 0. The Balaban J connectivity index is 1.28. The zero-order chi connectivity index (χ0) is 30.8. The molecular formula is C33H25FN6O4. The maximum atomic E-state index is 14.4. The van der Waals surface area contributed by atoms with E-state index in [0.717, 1.165) is 28.6 Å². The maximum absolute atomic E-state index is 14.4. The summed E-state index contributed by atoms with van der Waals surface area (Å²) in [5.41, 5.74) is 10.8. The molecule has 3 aromatic carbocycles. The standard InChI is InChI=1S/C33H25FN6O4/c34-28-21(10-13-23(29(28)42)33(43)44)17-27(41)37-18-19-8-11-22(12-9-19)40-31(24-7-4-16-36-30(24)35)39-26-15-14-25(38-32(26)40)20-5-2-1-3-6-20/h1-16,42H,17-18H2,(H2,35,36)(H,37,41)(H,43,44). The summed E-state index contributed by atoms with van der Waals surface area (Å²) in [5.74, 6) is -3.19. The summed E-state index contributed by atoms with van der Waals surface area (Å²) in [6, 6.07) is 27.0. The number of aromatic carboxylic acids is 1. The van der Waals surface area contributed by atoms with E-state index in [1.54, 1.807) is 12.3 Å². The van der Waals surface area contributed by atoms with Gasteiger partial charge in [-0.15, -0.1) is 0 Å². The van der Waals surface area contributed by atoms with Crippen LogP contribution in [0.2, 0.25) is 0 Å². The van der Waals surface area contributed by atoms with Crippen LogP contribution in [-0.4, -0.2) is 41.6 Å². The number of nitrogens with zero attached hydrogens (tertiary/aromatic N) is 4. The average Bonchev–Trinajstić information content (AvgIpc) is 3.41. The number of nitrogens with one attached hydrogen (secondary N) is 1. The van der Waals surface area contributed by atoms with Gasteiger partial charge in [0.25, 0.3) is 0 Å². The van der Waals surface area contributed by atoms with E-state index in [1.165, 1.54) is 6.07 Å². The van der Waals surface area contributed by atoms with Crippen molar-refractivity contribution in [2.75, 3.05) is 5.73 Å². The molecule has 0 unspecified atom stereocenters. The predicted octanol–water partition coefficient (Wildman–Crippen LogP) is 5.13. The molecule has 0 radical (unpaired) electrons. The van der Waals surface area contributed by atoms with E-state index in [0.29, 0.717) is 28.4 Å². The van der Waals surface area contributed by atoms with Crippen LogP contribution in [0.3, 0.4) is 0 Å². The summed E-state index contributed by atoms with van der Waals surface area (Å²) in [6.45, 7) is 0.156. The number of aromatic hydroxyl groups is 1. The lowest BCUT2D eigenvalue weighted by Crippen LogP contribution is -2.25. The number of nitrogen functional groups attached to an aromatic ring is 1. The largest absolute Gasteiger partial charge is 0.504 e. The normalized spacial score (nSPS) is 11.0. The fourth-order valence-corrected chi connectivity index (χ4v) is 4.87. The first kappa shape index (κ1) is 28.0. The van der Waals surface area contributed by atoms with Crippen molar-refractivity contribution >= 4 is 28.9 Å². The number of carbonyl (C=O) groups is 2. The third kappa shape index (κ3) is 5.41. The van der Waals surface area contributed by atoms with Crippen LogP contribution in [0.15, 0.2) is 97.2 Å². The summed E-state index contributed by atoms with van der Waals surface area (Å²) in [6.07, 6.45) is 1.24. The Morgan fingerprint density at radius 2 is 1.68 bits per heavy atom. The third-order valence-electron chi connectivity index (χ3n) is 7.12. The first-order chi connectivity index (χ1) is 21.3. The molecule has 5 N–H and O–H groups in total. The van der Waals surface area contributed by atoms with Gasteiger partial charge in [-0.05, 0) is 48.0 Å². The highest BCUT2D eigenvalue weighted by molar-refractivity contribution is 5.91. The van der Waals surface area contributed by atoms with Crippen molar-refractivity contribution in [2.45, 2.75) is 13.0 Å². The van der Waals surface area contributed by atoms with Gasteiger partial charge in [-0.3, -0.25) is 9.36 Å². The van der Waals surface area contributed by atoms with Crippen molar-refractivity contribution in [3.05, 3.63) is 120 Å². The van der Waals surface area contributed by atoms with Crippen molar-refractivity contribution in [2.24, 2.45) is 0 Å². The molecule has 0 aliphatic carbocycles. The summed E-state index contributed by atoms with van der Waals surface area (Å²) in [5, 5.41) is 21.6. The number of benzene rings is 3. The fraction of sp³-hybridized carbons (Fsp3) is 0.0606. The fourth-order valence-electron chi connectivity index (χ4n) is 4.87. The lowest BCUT2D eigenvalue weighted by Gasteiger charge is -2.12. The Bertz CT molecular complexity index is 2030. The highest BCUT2D eigenvalue weighted by Crippen LogP contribution is 2.32. The number of hydrogen-bond acceptors (Lipinski definition) is 7. The number of amides is 1. The molecule has 0 aliphatic heterocycles. The average molecular weight is 589 g/mol. The zero-order valence-corrected chi connectivity index (χ0v) is 23.1. The Morgan fingerprint density at radius 3 is 2.41 bits per heavy atom. The smallest absolute Gasteiger partial charge is 0.339 e. The number of carboxylic acids is 1. The van der Waals surface area contributed by atoms with E-state index >= 15 is 0 Å². The van der Waals surface area contributed by atoms with E-state index in [1.807, 2.05) is 77.4 Å². The summed E-state index contributed by atoms with van der Waals surface area (Å²) in [4.78, 5) is 37.7. The Hall–Kier alpha value is -6.10. The molecule has 6 aromatic rings. The molecule has 0 saturated heterocycles. The van der Waals surface area contributed by atoms with Crippen LogP contribution in [0.5, 0.6) is 5.75 Å². The highest BCUT2D eigenvalue weighted by Gasteiger charge is 2.20. The van der Waals surface area contributed by atoms with Gasteiger partial charge in [-0.25, -0.2) is 24.1 Å². The van der Waals surface area contributed by atoms with E-state index in [2.05, 4.69) is 10.3 Å². The van der Waals surface area contributed by atoms with Crippen LogP contribution in [0, 0.1) is 5.82 Å². The van der Waals surface area contributed by atoms with Crippen molar-refractivity contribution in [3.63, 3.8) is 0 Å². The Labute approximate surface area is 250 Å². The number of imidazole rings is 1. The Morgan fingerprint density at radius 1 is 0.909 bits per heavy atom. The van der Waals surface area contributed by atoms with E-state index in [4.69, 9.17) is 20.8 Å². The lowest BCUT2D eigenvalue weighted by molar-refractivity contribution is -0.120. The van der Waals surface area contributed by atoms with E-state index in [-0.39, 0.29) is 18.5 Å². The number of halogens is 1. The van der Waals surface area contributed by atoms with Crippen LogP contribution < -0.4 is 11.1 Å². The van der Waals surface area contributed by atoms with E-state index < -0.39 is 29.0 Å². The monoisotopic (exact) mass is 588 g/mol. The molecule has 11 heteroatoms. The molecule has 0 atom stereocenters. The highest BCUT2D eigenvalue weighted by atomic mass is 19.1. The van der Waals surface area contributed by atoms with Crippen molar-refractivity contribution in [1.29, 1.82) is 0 Å². The second-order valence-corrected chi connectivity index (χ2v) is 9.97. The molecule has 3 heterocycles. The maximum Gasteiger partial charge on any atom is 0.339 e. The number of pyridine rings is 2. The molecule has 0 bridgehead atoms. The minimum atomic E-state index is -1.46. The summed E-state index contributed by atoms with van der Waals surface area (Å²) < 4.78 is 16.3. The van der Waals surface area contributed by atoms with Crippen molar-refractivity contribution < 1.29 is 24.2 Å². The number of fused-ring (bicyclic) bond motifs is 1. The van der Waals surface area contributed by atoms with Crippen molar-refractivity contribution in [3.8, 4) is 34.1 Å². The number of carbonyl (C=O) groups excluding carboxylic acids is 1. The quantitative estimate of drug-likeness (QED) is 0.191. The number of anilines is 1. The molecule has 10 nitrogen and oxygen atoms in total. The van der Waals surface area contributed by atoms with Gasteiger partial charge in [0, 0.05) is 29.6 Å². The molecular weight excluding hydrogens is 563 g/mol. The molecule has 0 spiro atoms.